The van der Waals surface area contributed by atoms with E-state index in [0.29, 0.717) is 19.3 Å². The number of ether oxygens (including phenoxy) is 3. The lowest BCUT2D eigenvalue weighted by molar-refractivity contribution is -0.166. The number of carbonyl (C=O) groups is 3. The van der Waals surface area contributed by atoms with Crippen LogP contribution in [0, 0.1) is 0 Å². The van der Waals surface area contributed by atoms with E-state index in [9.17, 15) is 14.4 Å². The monoisotopic (exact) mass is 1080 g/mol. The van der Waals surface area contributed by atoms with Crippen molar-refractivity contribution in [3.05, 3.63) is 182 Å². The van der Waals surface area contributed by atoms with Crippen LogP contribution in [-0.2, 0) is 28.6 Å². The van der Waals surface area contributed by atoms with Crippen LogP contribution < -0.4 is 0 Å². The molecule has 0 aromatic heterocycles. The molecule has 0 aromatic rings. The Bertz CT molecular complexity index is 1870. The quantitative estimate of drug-likeness (QED) is 0.0261. The second kappa shape index (κ2) is 65.0. The summed E-state index contributed by atoms with van der Waals surface area (Å²) in [4.78, 5) is 38.1. The molecule has 0 aromatic carbocycles. The molecular weight excluding hydrogens is 973 g/mol. The number of rotatable bonds is 54. The van der Waals surface area contributed by atoms with E-state index in [1.165, 1.54) is 38.5 Å². The third kappa shape index (κ3) is 63.2. The van der Waals surface area contributed by atoms with Crippen molar-refractivity contribution < 1.29 is 28.6 Å². The molecule has 0 radical (unpaired) electrons. The van der Waals surface area contributed by atoms with Gasteiger partial charge in [0.2, 0.25) is 0 Å². The standard InChI is InChI=1S/C73H112O6/c1-4-7-10-13-16-19-21-23-25-27-29-30-31-32-33-34-35-36-37-38-39-40-41-42-44-45-47-49-51-54-57-60-63-66-72(75)78-69-70(68-77-71(74)65-62-59-56-53-18-15-12-9-6-3)79-73(76)67-64-61-58-55-52-50-48-46-43-28-26-24-22-20-17-14-11-8-5-2/h7-8,10-11,16-17,19-20,23-26,29-30,32-33,35-36,38-39,41-43,45-47,50,52,58,61,70H,4-6,9,12-15,18,21-22,27-28,31,34,37,40,44,48-49,51,53-57,59-60,62-69H2,1-3H3/b10-7-,11-8-,19-16-,20-17-,25-23-,26-24-,30-29-,33-32-,36-35-,39-38-,42-41-,46-43-,47-45-,52-50-,61-58-. The van der Waals surface area contributed by atoms with E-state index in [1.54, 1.807) is 0 Å². The predicted molar refractivity (Wildman–Crippen MR) is 343 cm³/mol. The Morgan fingerprint density at radius 3 is 0.823 bits per heavy atom. The van der Waals surface area contributed by atoms with Crippen molar-refractivity contribution >= 4 is 17.9 Å². The van der Waals surface area contributed by atoms with Crippen LogP contribution >= 0.6 is 0 Å². The van der Waals surface area contributed by atoms with Crippen LogP contribution in [0.15, 0.2) is 182 Å². The van der Waals surface area contributed by atoms with Crippen LogP contribution in [0.25, 0.3) is 0 Å². The molecule has 6 heteroatoms. The highest BCUT2D eigenvalue weighted by Crippen LogP contribution is 2.13. The number of hydrogen-bond acceptors (Lipinski definition) is 6. The van der Waals surface area contributed by atoms with Gasteiger partial charge in [-0.1, -0.05) is 274 Å². The van der Waals surface area contributed by atoms with Gasteiger partial charge in [-0.3, -0.25) is 14.4 Å². The van der Waals surface area contributed by atoms with Crippen LogP contribution in [0.2, 0.25) is 0 Å². The molecule has 0 heterocycles. The molecule has 0 aliphatic heterocycles. The van der Waals surface area contributed by atoms with Gasteiger partial charge in [0.05, 0.1) is 0 Å². The summed E-state index contributed by atoms with van der Waals surface area (Å²) in [5.74, 6) is -1.04. The number of esters is 3. The maximum atomic E-state index is 12.8. The second-order valence-electron chi connectivity index (χ2n) is 19.9. The van der Waals surface area contributed by atoms with Gasteiger partial charge in [0, 0.05) is 19.3 Å². The van der Waals surface area contributed by atoms with E-state index >= 15 is 0 Å². The van der Waals surface area contributed by atoms with Gasteiger partial charge in [-0.15, -0.1) is 0 Å². The van der Waals surface area contributed by atoms with Crippen LogP contribution in [0.3, 0.4) is 0 Å². The number of hydrogen-bond donors (Lipinski definition) is 0. The lowest BCUT2D eigenvalue weighted by atomic mass is 10.1. The Morgan fingerprint density at radius 2 is 0.519 bits per heavy atom. The van der Waals surface area contributed by atoms with Crippen LogP contribution in [0.4, 0.5) is 0 Å². The van der Waals surface area contributed by atoms with Crippen molar-refractivity contribution in [2.45, 2.75) is 245 Å². The summed E-state index contributed by atoms with van der Waals surface area (Å²) in [6.07, 6.45) is 97.7. The lowest BCUT2D eigenvalue weighted by Crippen LogP contribution is -2.30. The molecule has 0 saturated carbocycles. The predicted octanol–water partition coefficient (Wildman–Crippen LogP) is 21.7. The summed E-state index contributed by atoms with van der Waals surface area (Å²) < 4.78 is 16.7. The molecule has 0 saturated heterocycles. The molecule has 0 spiro atoms. The van der Waals surface area contributed by atoms with Gasteiger partial charge in [0.1, 0.15) is 13.2 Å². The van der Waals surface area contributed by atoms with Crippen molar-refractivity contribution in [3.63, 3.8) is 0 Å². The van der Waals surface area contributed by atoms with Gasteiger partial charge in [-0.25, -0.2) is 0 Å². The fraction of sp³-hybridized carbons (Fsp3) is 0.548. The molecule has 79 heavy (non-hydrogen) atoms. The average molecular weight is 1090 g/mol. The van der Waals surface area contributed by atoms with Crippen LogP contribution in [0.1, 0.15) is 239 Å². The number of carbonyl (C=O) groups excluding carboxylic acids is 3. The SMILES string of the molecule is CC/C=C\C/C=C\C/C=C\C/C=C\C/C=C\C/C=C\C/C=C\C/C=C\C/C=C\CCCCCCCC(=O)OCC(COC(=O)CCCCCCCCCCC)OC(=O)CC/C=C\C/C=C\C/C=C\C/C=C\C/C=C\C/C=C\CC. The Morgan fingerprint density at radius 1 is 0.266 bits per heavy atom. The minimum atomic E-state index is -0.834. The topological polar surface area (TPSA) is 78.9 Å². The van der Waals surface area contributed by atoms with E-state index in [-0.39, 0.29) is 31.6 Å². The third-order valence-corrected chi connectivity index (χ3v) is 12.4. The summed E-state index contributed by atoms with van der Waals surface area (Å²) in [5.41, 5.74) is 0. The van der Waals surface area contributed by atoms with Crippen molar-refractivity contribution in [1.29, 1.82) is 0 Å². The number of unbranched alkanes of at least 4 members (excludes halogenated alkanes) is 13. The van der Waals surface area contributed by atoms with Gasteiger partial charge in [0.25, 0.3) is 0 Å². The lowest BCUT2D eigenvalue weighted by Gasteiger charge is -2.18. The zero-order valence-corrected chi connectivity index (χ0v) is 50.3. The highest BCUT2D eigenvalue weighted by Gasteiger charge is 2.19. The fourth-order valence-corrected chi connectivity index (χ4v) is 7.81. The fourth-order valence-electron chi connectivity index (χ4n) is 7.81. The van der Waals surface area contributed by atoms with Crippen LogP contribution in [0.5, 0.6) is 0 Å². The van der Waals surface area contributed by atoms with E-state index in [2.05, 4.69) is 191 Å². The molecule has 0 bridgehead atoms. The summed E-state index contributed by atoms with van der Waals surface area (Å²) in [5, 5.41) is 0. The average Bonchev–Trinajstić information content (AvgIpc) is 3.45. The zero-order chi connectivity index (χ0) is 57.1. The number of allylic oxidation sites excluding steroid dienone is 30. The highest BCUT2D eigenvalue weighted by molar-refractivity contribution is 5.71. The Labute approximate surface area is 484 Å². The van der Waals surface area contributed by atoms with Gasteiger partial charge in [0.15, 0.2) is 6.10 Å². The van der Waals surface area contributed by atoms with Crippen LogP contribution in [-0.4, -0.2) is 37.2 Å². The first kappa shape index (κ1) is 73.5. The van der Waals surface area contributed by atoms with Crippen molar-refractivity contribution in [2.75, 3.05) is 13.2 Å². The van der Waals surface area contributed by atoms with Gasteiger partial charge >= 0.3 is 17.9 Å². The summed E-state index contributed by atoms with van der Waals surface area (Å²) in [6, 6.07) is 0. The molecule has 6 nitrogen and oxygen atoms in total. The molecule has 1 atom stereocenters. The summed E-state index contributed by atoms with van der Waals surface area (Å²) in [6.45, 7) is 6.29. The normalized spacial score (nSPS) is 13.4. The molecule has 0 amide bonds. The molecule has 440 valence electrons. The molecule has 0 rings (SSSR count). The largest absolute Gasteiger partial charge is 0.462 e. The maximum Gasteiger partial charge on any atom is 0.306 e. The minimum Gasteiger partial charge on any atom is -0.462 e. The van der Waals surface area contributed by atoms with Gasteiger partial charge < -0.3 is 14.2 Å². The maximum absolute atomic E-state index is 12.8. The minimum absolute atomic E-state index is 0.121. The van der Waals surface area contributed by atoms with Gasteiger partial charge in [-0.2, -0.15) is 0 Å². The summed E-state index contributed by atoms with van der Waals surface area (Å²) in [7, 11) is 0. The van der Waals surface area contributed by atoms with E-state index < -0.39 is 12.1 Å². The Kier molecular flexibility index (Phi) is 60.5. The Hall–Kier alpha value is -5.49. The molecule has 0 aliphatic rings. The smallest absolute Gasteiger partial charge is 0.306 e. The highest BCUT2D eigenvalue weighted by atomic mass is 16.6. The van der Waals surface area contributed by atoms with E-state index in [1.807, 2.05) is 12.2 Å². The van der Waals surface area contributed by atoms with Crippen molar-refractivity contribution in [2.24, 2.45) is 0 Å². The molecule has 0 fully saturated rings. The van der Waals surface area contributed by atoms with Crippen molar-refractivity contribution in [3.8, 4) is 0 Å². The molecular formula is C73H112O6. The molecule has 0 N–H and O–H groups in total. The van der Waals surface area contributed by atoms with E-state index in [4.69, 9.17) is 14.2 Å². The first-order valence-corrected chi connectivity index (χ1v) is 31.3. The van der Waals surface area contributed by atoms with Crippen molar-refractivity contribution in [1.82, 2.24) is 0 Å². The first-order chi connectivity index (χ1) is 39.0. The zero-order valence-electron chi connectivity index (χ0n) is 50.3. The Balaban J connectivity index is 4.37. The second-order valence-corrected chi connectivity index (χ2v) is 19.9. The summed E-state index contributed by atoms with van der Waals surface area (Å²) >= 11 is 0. The first-order valence-electron chi connectivity index (χ1n) is 31.3. The third-order valence-electron chi connectivity index (χ3n) is 12.4. The molecule has 1 unspecified atom stereocenters. The van der Waals surface area contributed by atoms with E-state index in [0.717, 1.165) is 154 Å². The van der Waals surface area contributed by atoms with Gasteiger partial charge in [-0.05, 0) is 128 Å². The molecule has 0 aliphatic carbocycles.